The fraction of sp³-hybridized carbons (Fsp3) is 0.714. The van der Waals surface area contributed by atoms with Crippen LogP contribution in [0.4, 0.5) is 10.9 Å². The van der Waals surface area contributed by atoms with Crippen molar-refractivity contribution >= 4 is 28.2 Å². The second-order valence-electron chi connectivity index (χ2n) is 5.82. The third-order valence-corrected chi connectivity index (χ3v) is 5.22. The van der Waals surface area contributed by atoms with E-state index in [0.717, 1.165) is 37.4 Å². The van der Waals surface area contributed by atoms with E-state index < -0.39 is 5.60 Å². The van der Waals surface area contributed by atoms with Crippen LogP contribution in [0, 0.1) is 0 Å². The van der Waals surface area contributed by atoms with Crippen LogP contribution in [0.1, 0.15) is 42.3 Å². The Balaban J connectivity index is 2.10. The molecule has 7 heteroatoms. The van der Waals surface area contributed by atoms with Crippen molar-refractivity contribution in [1.29, 1.82) is 0 Å². The van der Waals surface area contributed by atoms with Gasteiger partial charge in [-0.1, -0.05) is 24.2 Å². The predicted molar refractivity (Wildman–Crippen MR) is 85.8 cm³/mol. The second kappa shape index (κ2) is 6.19. The summed E-state index contributed by atoms with van der Waals surface area (Å²) in [5, 5.41) is 11.2. The van der Waals surface area contributed by atoms with E-state index in [4.69, 9.17) is 5.73 Å². The Morgan fingerprint density at radius 1 is 1.43 bits per heavy atom. The Morgan fingerprint density at radius 2 is 2.05 bits per heavy atom. The second-order valence-corrected chi connectivity index (χ2v) is 6.80. The van der Waals surface area contributed by atoms with Crippen molar-refractivity contribution in [3.63, 3.8) is 0 Å². The molecule has 21 heavy (non-hydrogen) atoms. The third-order valence-electron chi connectivity index (χ3n) is 4.05. The minimum absolute atomic E-state index is 0.166. The SMILES string of the molecule is CCN(C)c1nc(N)c(C(=O)N(C)CC2(O)CCCC2)s1. The fourth-order valence-electron chi connectivity index (χ4n) is 2.65. The van der Waals surface area contributed by atoms with E-state index in [9.17, 15) is 9.90 Å². The number of anilines is 2. The molecule has 0 aliphatic heterocycles. The molecular formula is C14H24N4O2S. The van der Waals surface area contributed by atoms with Gasteiger partial charge in [0.15, 0.2) is 5.13 Å². The monoisotopic (exact) mass is 312 g/mol. The third kappa shape index (κ3) is 3.47. The molecule has 0 atom stereocenters. The molecule has 0 saturated heterocycles. The Morgan fingerprint density at radius 3 is 2.62 bits per heavy atom. The van der Waals surface area contributed by atoms with Gasteiger partial charge in [-0.3, -0.25) is 4.79 Å². The minimum atomic E-state index is -0.743. The number of hydrogen-bond acceptors (Lipinski definition) is 6. The number of aliphatic hydroxyl groups is 1. The van der Waals surface area contributed by atoms with Crippen LogP contribution in [-0.4, -0.2) is 53.7 Å². The maximum atomic E-state index is 12.5. The van der Waals surface area contributed by atoms with Gasteiger partial charge in [0.05, 0.1) is 5.60 Å². The summed E-state index contributed by atoms with van der Waals surface area (Å²) in [4.78, 5) is 20.7. The zero-order chi connectivity index (χ0) is 15.6. The highest BCUT2D eigenvalue weighted by atomic mass is 32.1. The lowest BCUT2D eigenvalue weighted by Crippen LogP contribution is -2.42. The number of thiazole rings is 1. The average Bonchev–Trinajstić information content (AvgIpc) is 3.03. The fourth-order valence-corrected chi connectivity index (χ4v) is 3.65. The van der Waals surface area contributed by atoms with Crippen LogP contribution >= 0.6 is 11.3 Å². The molecule has 0 aromatic carbocycles. The molecule has 2 rings (SSSR count). The van der Waals surface area contributed by atoms with Crippen LogP contribution in [-0.2, 0) is 0 Å². The van der Waals surface area contributed by atoms with E-state index >= 15 is 0 Å². The first kappa shape index (κ1) is 16.0. The van der Waals surface area contributed by atoms with Gasteiger partial charge in [0.2, 0.25) is 0 Å². The summed E-state index contributed by atoms with van der Waals surface area (Å²) in [7, 11) is 3.62. The van der Waals surface area contributed by atoms with Gasteiger partial charge in [-0.2, -0.15) is 0 Å². The summed E-state index contributed by atoms with van der Waals surface area (Å²) in [6.07, 6.45) is 3.55. The summed E-state index contributed by atoms with van der Waals surface area (Å²) in [5.41, 5.74) is 5.13. The van der Waals surface area contributed by atoms with E-state index in [1.165, 1.54) is 11.3 Å². The number of nitrogens with zero attached hydrogens (tertiary/aromatic N) is 3. The molecule has 6 nitrogen and oxygen atoms in total. The van der Waals surface area contributed by atoms with Crippen LogP contribution in [0.5, 0.6) is 0 Å². The molecule has 1 aliphatic carbocycles. The van der Waals surface area contributed by atoms with Crippen LogP contribution in [0.2, 0.25) is 0 Å². The number of carbonyl (C=O) groups is 1. The number of rotatable bonds is 5. The largest absolute Gasteiger partial charge is 0.388 e. The van der Waals surface area contributed by atoms with Crippen LogP contribution < -0.4 is 10.6 Å². The van der Waals surface area contributed by atoms with E-state index in [2.05, 4.69) is 4.98 Å². The molecule has 1 heterocycles. The zero-order valence-electron chi connectivity index (χ0n) is 12.9. The summed E-state index contributed by atoms with van der Waals surface area (Å²) in [5.74, 6) is 0.103. The Kier molecular flexibility index (Phi) is 4.73. The van der Waals surface area contributed by atoms with Gasteiger partial charge in [-0.25, -0.2) is 4.98 Å². The maximum Gasteiger partial charge on any atom is 0.267 e. The highest BCUT2D eigenvalue weighted by Crippen LogP contribution is 2.32. The van der Waals surface area contributed by atoms with E-state index in [0.29, 0.717) is 11.4 Å². The predicted octanol–water partition coefficient (Wildman–Crippen LogP) is 1.56. The highest BCUT2D eigenvalue weighted by molar-refractivity contribution is 7.18. The first-order chi connectivity index (χ1) is 9.86. The summed E-state index contributed by atoms with van der Waals surface area (Å²) in [6, 6.07) is 0. The lowest BCUT2D eigenvalue weighted by molar-refractivity contribution is 0.0158. The quantitative estimate of drug-likeness (QED) is 0.862. The van der Waals surface area contributed by atoms with Crippen molar-refractivity contribution in [2.24, 2.45) is 0 Å². The molecule has 1 aromatic heterocycles. The lowest BCUT2D eigenvalue weighted by Gasteiger charge is -2.28. The standard InChI is InChI=1S/C14H24N4O2S/c1-4-17(2)13-16-11(15)10(21-13)12(19)18(3)9-14(20)7-5-6-8-14/h20H,4-9,15H2,1-3H3. The molecule has 118 valence electrons. The first-order valence-corrected chi connectivity index (χ1v) is 8.13. The molecule has 3 N–H and O–H groups in total. The Labute approximate surface area is 129 Å². The number of likely N-dealkylation sites (N-methyl/N-ethyl adjacent to an activating group) is 1. The molecule has 1 aliphatic rings. The van der Waals surface area contributed by atoms with Crippen molar-refractivity contribution in [2.75, 3.05) is 37.8 Å². The van der Waals surface area contributed by atoms with Crippen molar-refractivity contribution in [3.05, 3.63) is 4.88 Å². The van der Waals surface area contributed by atoms with Gasteiger partial charge in [0.25, 0.3) is 5.91 Å². The minimum Gasteiger partial charge on any atom is -0.388 e. The van der Waals surface area contributed by atoms with Crippen molar-refractivity contribution < 1.29 is 9.90 Å². The number of carbonyl (C=O) groups excluding carboxylic acids is 1. The van der Waals surface area contributed by atoms with E-state index in [1.807, 2.05) is 18.9 Å². The van der Waals surface area contributed by atoms with Crippen molar-refractivity contribution in [2.45, 2.75) is 38.2 Å². The summed E-state index contributed by atoms with van der Waals surface area (Å²) < 4.78 is 0. The zero-order valence-corrected chi connectivity index (χ0v) is 13.7. The molecule has 0 unspecified atom stereocenters. The Bertz CT molecular complexity index is 511. The van der Waals surface area contributed by atoms with E-state index in [-0.39, 0.29) is 11.7 Å². The van der Waals surface area contributed by atoms with Crippen LogP contribution in [0.15, 0.2) is 0 Å². The molecule has 1 amide bonds. The first-order valence-electron chi connectivity index (χ1n) is 7.31. The number of aromatic nitrogens is 1. The Hall–Kier alpha value is -1.34. The summed E-state index contributed by atoms with van der Waals surface area (Å²) in [6.45, 7) is 3.17. The van der Waals surface area contributed by atoms with Gasteiger partial charge in [-0.15, -0.1) is 0 Å². The molecule has 1 aromatic rings. The van der Waals surface area contributed by atoms with Crippen molar-refractivity contribution in [3.8, 4) is 0 Å². The summed E-state index contributed by atoms with van der Waals surface area (Å²) >= 11 is 1.30. The van der Waals surface area contributed by atoms with Gasteiger partial charge < -0.3 is 20.6 Å². The number of amides is 1. The lowest BCUT2D eigenvalue weighted by atomic mass is 10.0. The molecule has 0 spiro atoms. The van der Waals surface area contributed by atoms with Crippen molar-refractivity contribution in [1.82, 2.24) is 9.88 Å². The molecule has 0 radical (unpaired) electrons. The maximum absolute atomic E-state index is 12.5. The average molecular weight is 312 g/mol. The van der Waals surface area contributed by atoms with Gasteiger partial charge >= 0.3 is 0 Å². The van der Waals surface area contributed by atoms with E-state index in [1.54, 1.807) is 11.9 Å². The smallest absolute Gasteiger partial charge is 0.267 e. The topological polar surface area (TPSA) is 82.7 Å². The van der Waals surface area contributed by atoms with Crippen LogP contribution in [0.3, 0.4) is 0 Å². The normalized spacial score (nSPS) is 17.0. The molecule has 1 saturated carbocycles. The molecular weight excluding hydrogens is 288 g/mol. The molecule has 1 fully saturated rings. The number of nitrogens with two attached hydrogens (primary N) is 1. The van der Waals surface area contributed by atoms with Gasteiger partial charge in [0, 0.05) is 27.2 Å². The van der Waals surface area contributed by atoms with Gasteiger partial charge in [0.1, 0.15) is 10.7 Å². The van der Waals surface area contributed by atoms with Crippen LogP contribution in [0.25, 0.3) is 0 Å². The van der Waals surface area contributed by atoms with Gasteiger partial charge in [-0.05, 0) is 19.8 Å². The highest BCUT2D eigenvalue weighted by Gasteiger charge is 2.34. The number of hydrogen-bond donors (Lipinski definition) is 2. The molecule has 0 bridgehead atoms. The number of nitrogen functional groups attached to an aromatic ring is 1.